The van der Waals surface area contributed by atoms with Crippen LogP contribution in [0.5, 0.6) is 0 Å². The zero-order chi connectivity index (χ0) is 39.9. The number of halogens is 3. The summed E-state index contributed by atoms with van der Waals surface area (Å²) in [5.41, 5.74) is -0.153. The number of cyclic esters (lactones) is 2. The Morgan fingerprint density at radius 2 is 1.67 bits per heavy atom. The molecule has 1 heterocycles. The van der Waals surface area contributed by atoms with E-state index >= 15 is 0 Å². The molecule has 0 spiro atoms. The second-order valence-corrected chi connectivity index (χ2v) is 17.0. The lowest BCUT2D eigenvalue weighted by molar-refractivity contribution is -0.162. The largest absolute Gasteiger partial charge is 0.463 e. The van der Waals surface area contributed by atoms with Gasteiger partial charge in [-0.15, -0.1) is 0 Å². The summed E-state index contributed by atoms with van der Waals surface area (Å²) in [4.78, 5) is 78.9. The average Bonchev–Trinajstić information content (AvgIpc) is 3.09. The fourth-order valence-electron chi connectivity index (χ4n) is 6.02. The van der Waals surface area contributed by atoms with Gasteiger partial charge < -0.3 is 45.3 Å². The van der Waals surface area contributed by atoms with Crippen LogP contribution in [0.15, 0.2) is 30.3 Å². The van der Waals surface area contributed by atoms with Gasteiger partial charge in [-0.1, -0.05) is 97.2 Å². The number of carbonyl (C=O) groups excluding carboxylic acids is 6. The minimum Gasteiger partial charge on any atom is -0.463 e. The van der Waals surface area contributed by atoms with Crippen molar-refractivity contribution in [2.45, 2.75) is 125 Å². The summed E-state index contributed by atoms with van der Waals surface area (Å²) in [6, 6.07) is 5.03. The maximum Gasteiger partial charge on any atom is 0.408 e. The van der Waals surface area contributed by atoms with Crippen LogP contribution in [0, 0.1) is 5.92 Å². The van der Waals surface area contributed by atoms with Crippen molar-refractivity contribution >= 4 is 70.7 Å². The van der Waals surface area contributed by atoms with Gasteiger partial charge in [0.2, 0.25) is 15.6 Å². The molecule has 5 N–H and O–H groups in total. The molecular weight excluding hydrogens is 771 g/mol. The van der Waals surface area contributed by atoms with Crippen molar-refractivity contribution in [2.75, 3.05) is 19.8 Å². The lowest BCUT2D eigenvalue weighted by Gasteiger charge is -2.32. The van der Waals surface area contributed by atoms with Crippen LogP contribution < -0.4 is 21.3 Å². The van der Waals surface area contributed by atoms with E-state index in [9.17, 15) is 33.9 Å². The quantitative estimate of drug-likeness (QED) is 0.129. The summed E-state index contributed by atoms with van der Waals surface area (Å²) >= 11 is 16.9. The zero-order valence-electron chi connectivity index (χ0n) is 30.7. The summed E-state index contributed by atoms with van der Waals surface area (Å²) in [5, 5.41) is 21.6. The van der Waals surface area contributed by atoms with Gasteiger partial charge in [0, 0.05) is 12.8 Å². The van der Waals surface area contributed by atoms with E-state index < -0.39 is 88.9 Å². The monoisotopic (exact) mass is 820 g/mol. The molecule has 3 rings (SSSR count). The number of esters is 2. The number of alkyl halides is 3. The van der Waals surface area contributed by atoms with Crippen LogP contribution in [0.4, 0.5) is 9.59 Å². The van der Waals surface area contributed by atoms with Crippen LogP contribution in [0.3, 0.4) is 0 Å². The number of hydrogen-bond donors (Lipinski definition) is 5. The molecule has 2 fully saturated rings. The Labute approximate surface area is 330 Å². The second kappa shape index (κ2) is 21.5. The van der Waals surface area contributed by atoms with Gasteiger partial charge in [0.1, 0.15) is 37.0 Å². The number of nitrogens with one attached hydrogen (secondary N) is 4. The van der Waals surface area contributed by atoms with Crippen molar-refractivity contribution in [1.29, 1.82) is 0 Å². The molecule has 54 heavy (non-hydrogen) atoms. The molecule has 1 saturated carbocycles. The number of rotatable bonds is 10. The summed E-state index contributed by atoms with van der Waals surface area (Å²) in [6.45, 7) is 3.62. The highest BCUT2D eigenvalue weighted by Gasteiger charge is 2.37. The molecule has 1 saturated heterocycles. The molecule has 3 unspecified atom stereocenters. The van der Waals surface area contributed by atoms with E-state index in [0.29, 0.717) is 5.56 Å². The molecule has 0 aromatic heterocycles. The van der Waals surface area contributed by atoms with E-state index in [1.54, 1.807) is 51.1 Å². The van der Waals surface area contributed by atoms with E-state index in [0.717, 1.165) is 32.1 Å². The minimum absolute atomic E-state index is 0.0373. The molecule has 302 valence electrons. The molecular formula is C36H51Cl3N4O11. The number of hydrogen-bond acceptors (Lipinski definition) is 11. The second-order valence-electron chi connectivity index (χ2n) is 14.5. The molecule has 0 radical (unpaired) electrons. The summed E-state index contributed by atoms with van der Waals surface area (Å²) in [5.74, 6) is -3.33. The van der Waals surface area contributed by atoms with Crippen LogP contribution in [0.25, 0.3) is 0 Å². The van der Waals surface area contributed by atoms with Crippen molar-refractivity contribution in [1.82, 2.24) is 21.3 Å². The minimum atomic E-state index is -1.85. The molecule has 1 aromatic rings. The van der Waals surface area contributed by atoms with E-state index in [1.165, 1.54) is 0 Å². The fraction of sp³-hybridized carbons (Fsp3) is 0.667. The molecule has 2 aliphatic rings. The Bertz CT molecular complexity index is 1420. The normalized spacial score (nSPS) is 23.0. The van der Waals surface area contributed by atoms with E-state index in [-0.39, 0.29) is 44.6 Å². The van der Waals surface area contributed by atoms with Gasteiger partial charge in [-0.2, -0.15) is 0 Å². The maximum absolute atomic E-state index is 13.9. The first-order chi connectivity index (χ1) is 25.4. The van der Waals surface area contributed by atoms with Gasteiger partial charge in [-0.25, -0.2) is 14.4 Å². The van der Waals surface area contributed by atoms with E-state index in [1.807, 2.05) is 0 Å². The summed E-state index contributed by atoms with van der Waals surface area (Å²) in [7, 11) is 0. The number of ether oxygens (including phenoxy) is 4. The van der Waals surface area contributed by atoms with Crippen LogP contribution >= 0.6 is 34.8 Å². The predicted molar refractivity (Wildman–Crippen MR) is 199 cm³/mol. The lowest BCUT2D eigenvalue weighted by Crippen LogP contribution is -2.59. The Kier molecular flexibility index (Phi) is 17.9. The van der Waals surface area contributed by atoms with Crippen molar-refractivity contribution in [3.63, 3.8) is 0 Å². The highest BCUT2D eigenvalue weighted by Crippen LogP contribution is 2.29. The van der Waals surface area contributed by atoms with Crippen molar-refractivity contribution in [3.8, 4) is 0 Å². The first-order valence-electron chi connectivity index (χ1n) is 18.0. The van der Waals surface area contributed by atoms with Crippen LogP contribution in [-0.2, 0) is 44.5 Å². The van der Waals surface area contributed by atoms with Gasteiger partial charge in [0.05, 0.1) is 12.6 Å². The number of benzene rings is 1. The number of aliphatic hydroxyl groups excluding tert-OH is 1. The first kappa shape index (κ1) is 44.9. The summed E-state index contributed by atoms with van der Waals surface area (Å²) in [6.07, 6.45) is 0.126. The molecule has 18 heteroatoms. The number of amides is 4. The molecule has 1 aliphatic carbocycles. The van der Waals surface area contributed by atoms with Crippen LogP contribution in [-0.4, -0.2) is 101 Å². The third kappa shape index (κ3) is 17.3. The van der Waals surface area contributed by atoms with E-state index in [4.69, 9.17) is 53.8 Å². The van der Waals surface area contributed by atoms with Gasteiger partial charge in [-0.3, -0.25) is 14.4 Å². The van der Waals surface area contributed by atoms with Crippen molar-refractivity contribution in [3.05, 3.63) is 35.9 Å². The van der Waals surface area contributed by atoms with Gasteiger partial charge in [0.15, 0.2) is 6.10 Å². The Balaban J connectivity index is 1.83. The predicted octanol–water partition coefficient (Wildman–Crippen LogP) is 4.16. The zero-order valence-corrected chi connectivity index (χ0v) is 33.0. The molecule has 5 atom stereocenters. The van der Waals surface area contributed by atoms with Crippen LogP contribution in [0.2, 0.25) is 0 Å². The molecule has 1 aliphatic heterocycles. The highest BCUT2D eigenvalue weighted by atomic mass is 35.6. The van der Waals surface area contributed by atoms with Gasteiger partial charge in [-0.05, 0) is 51.5 Å². The molecule has 4 amide bonds. The first-order valence-corrected chi connectivity index (χ1v) is 19.2. The van der Waals surface area contributed by atoms with Crippen molar-refractivity contribution < 1.29 is 52.8 Å². The third-order valence-corrected chi connectivity index (χ3v) is 8.95. The summed E-state index contributed by atoms with van der Waals surface area (Å²) < 4.78 is 19.4. The Morgan fingerprint density at radius 1 is 0.981 bits per heavy atom. The van der Waals surface area contributed by atoms with E-state index in [2.05, 4.69) is 21.3 Å². The number of alkyl carbamates (subject to hydrolysis) is 2. The topological polar surface area (TPSA) is 208 Å². The van der Waals surface area contributed by atoms with Gasteiger partial charge >= 0.3 is 24.1 Å². The number of carbonyl (C=O) groups is 6. The average molecular weight is 822 g/mol. The SMILES string of the molecule is CC(C)(C)OC(=O)N[C@@H](Cc1ccccc1)C(=O)NC1COC(=O)CCCC(CNC(=O)OCC(Cl)(Cl)Cl)OC(=O)[C@H](O)C(CC2CCCCC2)NC1=O. The van der Waals surface area contributed by atoms with Crippen molar-refractivity contribution in [2.24, 2.45) is 5.92 Å². The Morgan fingerprint density at radius 3 is 2.31 bits per heavy atom. The standard InChI is InChI=1S/C36H51Cl3N4O11/c1-35(2,3)54-34(50)43-26(18-23-13-8-5-9-14-23)30(46)42-27-20-51-28(44)16-10-15-24(19-40-33(49)52-21-36(37,38)39)53-32(48)29(45)25(41-31(27)47)17-22-11-6-4-7-12-22/h5,8-9,13-14,22,24-27,29,45H,4,6-7,10-12,15-21H2,1-3H3,(H,40,49)(H,41,47)(H,42,46)(H,43,50)/t24?,25?,26-,27?,29+/m0/s1. The smallest absolute Gasteiger partial charge is 0.408 e. The molecule has 1 aromatic carbocycles. The fourth-order valence-corrected chi connectivity index (χ4v) is 6.18. The maximum atomic E-state index is 13.9. The van der Waals surface area contributed by atoms with Gasteiger partial charge in [0.25, 0.3) is 0 Å². The third-order valence-electron chi connectivity index (χ3n) is 8.63. The Hall–Kier alpha value is -3.53. The lowest BCUT2D eigenvalue weighted by atomic mass is 9.83. The molecule has 15 nitrogen and oxygen atoms in total. The molecule has 0 bridgehead atoms. The highest BCUT2D eigenvalue weighted by molar-refractivity contribution is 6.67. The number of aliphatic hydroxyl groups is 1. The van der Waals surface area contributed by atoms with Crippen LogP contribution in [0.1, 0.15) is 84.1 Å².